The monoisotopic (exact) mass is 226 g/mol. The second kappa shape index (κ2) is 5.05. The van der Waals surface area contributed by atoms with E-state index in [0.29, 0.717) is 12.6 Å². The lowest BCUT2D eigenvalue weighted by molar-refractivity contribution is 0.233. The van der Waals surface area contributed by atoms with Gasteiger partial charge in [0.25, 0.3) is 0 Å². The minimum atomic E-state index is 0.569. The number of furan rings is 1. The second-order valence-electron chi connectivity index (χ2n) is 4.01. The molecular weight excluding hydrogens is 208 g/mol. The number of nitrogens with zero attached hydrogens (tertiary/aromatic N) is 1. The van der Waals surface area contributed by atoms with E-state index < -0.39 is 0 Å². The second-order valence-corrected chi connectivity index (χ2v) is 5.16. The maximum atomic E-state index is 5.64. The van der Waals surface area contributed by atoms with E-state index in [1.165, 1.54) is 17.9 Å². The number of hydrogen-bond acceptors (Lipinski definition) is 4. The maximum absolute atomic E-state index is 5.64. The lowest BCUT2D eigenvalue weighted by Crippen LogP contribution is -2.31. The number of thioether (sulfide) groups is 1. The standard InChI is InChI=1S/C11H18N2OS/c1-13(10-3-5-15-8-10)7-11-9(6-12)2-4-14-11/h2,4,10H,3,5-8,12H2,1H3. The van der Waals surface area contributed by atoms with Crippen molar-refractivity contribution in [1.29, 1.82) is 0 Å². The third-order valence-electron chi connectivity index (χ3n) is 2.98. The third kappa shape index (κ3) is 2.56. The minimum Gasteiger partial charge on any atom is -0.468 e. The molecule has 0 saturated carbocycles. The molecule has 2 heterocycles. The Morgan fingerprint density at radius 1 is 1.67 bits per heavy atom. The molecule has 1 aromatic rings. The number of hydrogen-bond donors (Lipinski definition) is 1. The topological polar surface area (TPSA) is 42.4 Å². The van der Waals surface area contributed by atoms with Crippen LogP contribution in [0.3, 0.4) is 0 Å². The minimum absolute atomic E-state index is 0.569. The summed E-state index contributed by atoms with van der Waals surface area (Å²) in [6.07, 6.45) is 3.02. The van der Waals surface area contributed by atoms with Crippen molar-refractivity contribution in [1.82, 2.24) is 4.90 Å². The summed E-state index contributed by atoms with van der Waals surface area (Å²) in [5.41, 5.74) is 6.77. The summed E-state index contributed by atoms with van der Waals surface area (Å²) < 4.78 is 5.46. The Morgan fingerprint density at radius 3 is 3.20 bits per heavy atom. The molecule has 1 atom stereocenters. The van der Waals surface area contributed by atoms with Crippen molar-refractivity contribution in [3.05, 3.63) is 23.7 Å². The summed E-state index contributed by atoms with van der Waals surface area (Å²) in [6.45, 7) is 1.45. The van der Waals surface area contributed by atoms with Gasteiger partial charge in [0.15, 0.2) is 0 Å². The fourth-order valence-corrected chi connectivity index (χ4v) is 3.21. The van der Waals surface area contributed by atoms with Crippen molar-refractivity contribution in [3.63, 3.8) is 0 Å². The smallest absolute Gasteiger partial charge is 0.122 e. The van der Waals surface area contributed by atoms with Gasteiger partial charge >= 0.3 is 0 Å². The first-order valence-corrected chi connectivity index (χ1v) is 6.50. The SMILES string of the molecule is CN(Cc1occc1CN)C1CCSC1. The van der Waals surface area contributed by atoms with Crippen LogP contribution in [0.25, 0.3) is 0 Å². The van der Waals surface area contributed by atoms with Gasteiger partial charge in [0.2, 0.25) is 0 Å². The largest absolute Gasteiger partial charge is 0.468 e. The summed E-state index contributed by atoms with van der Waals surface area (Å²) in [7, 11) is 2.17. The Hall–Kier alpha value is -0.450. The molecular formula is C11H18N2OS. The maximum Gasteiger partial charge on any atom is 0.122 e. The third-order valence-corrected chi connectivity index (χ3v) is 4.12. The highest BCUT2D eigenvalue weighted by Crippen LogP contribution is 2.23. The predicted octanol–water partition coefficient (Wildman–Crippen LogP) is 1.68. The van der Waals surface area contributed by atoms with Gasteiger partial charge in [-0.1, -0.05) is 0 Å². The molecule has 0 aliphatic carbocycles. The molecule has 0 radical (unpaired) electrons. The molecule has 3 nitrogen and oxygen atoms in total. The van der Waals surface area contributed by atoms with Gasteiger partial charge in [-0.3, -0.25) is 4.90 Å². The van der Waals surface area contributed by atoms with Gasteiger partial charge in [0, 0.05) is 23.9 Å². The normalized spacial score (nSPS) is 21.4. The van der Waals surface area contributed by atoms with E-state index in [-0.39, 0.29) is 0 Å². The highest BCUT2D eigenvalue weighted by molar-refractivity contribution is 7.99. The number of rotatable bonds is 4. The number of nitrogens with two attached hydrogens (primary N) is 1. The quantitative estimate of drug-likeness (QED) is 0.848. The Morgan fingerprint density at radius 2 is 2.53 bits per heavy atom. The highest BCUT2D eigenvalue weighted by atomic mass is 32.2. The van der Waals surface area contributed by atoms with E-state index in [9.17, 15) is 0 Å². The van der Waals surface area contributed by atoms with Gasteiger partial charge in [-0.2, -0.15) is 11.8 Å². The Balaban J connectivity index is 1.95. The summed E-state index contributed by atoms with van der Waals surface area (Å²) in [5.74, 6) is 3.56. The van der Waals surface area contributed by atoms with Gasteiger partial charge in [0.1, 0.15) is 5.76 Å². The van der Waals surface area contributed by atoms with Gasteiger partial charge in [-0.15, -0.1) is 0 Å². The van der Waals surface area contributed by atoms with Crippen molar-refractivity contribution < 1.29 is 4.42 Å². The molecule has 0 spiro atoms. The van der Waals surface area contributed by atoms with Gasteiger partial charge in [0.05, 0.1) is 12.8 Å². The molecule has 0 aromatic carbocycles. The van der Waals surface area contributed by atoms with Crippen LogP contribution >= 0.6 is 11.8 Å². The summed E-state index contributed by atoms with van der Waals surface area (Å²) >= 11 is 2.04. The molecule has 0 bridgehead atoms. The average molecular weight is 226 g/mol. The van der Waals surface area contributed by atoms with Crippen LogP contribution in [0.4, 0.5) is 0 Å². The summed E-state index contributed by atoms with van der Waals surface area (Å²) in [5, 5.41) is 0. The van der Waals surface area contributed by atoms with Crippen LogP contribution in [-0.2, 0) is 13.1 Å². The average Bonchev–Trinajstić information content (AvgIpc) is 2.87. The molecule has 1 aliphatic rings. The molecule has 1 saturated heterocycles. The molecule has 2 N–H and O–H groups in total. The molecule has 1 aromatic heterocycles. The van der Waals surface area contributed by atoms with Crippen molar-refractivity contribution in [3.8, 4) is 0 Å². The zero-order valence-corrected chi connectivity index (χ0v) is 9.93. The first-order valence-electron chi connectivity index (χ1n) is 5.34. The van der Waals surface area contributed by atoms with Crippen LogP contribution in [0, 0.1) is 0 Å². The lowest BCUT2D eigenvalue weighted by Gasteiger charge is -2.22. The summed E-state index contributed by atoms with van der Waals surface area (Å²) in [6, 6.07) is 2.66. The van der Waals surface area contributed by atoms with Crippen molar-refractivity contribution in [2.75, 3.05) is 18.6 Å². The van der Waals surface area contributed by atoms with Crippen LogP contribution in [0.1, 0.15) is 17.7 Å². The molecule has 1 fully saturated rings. The molecule has 84 valence electrons. The van der Waals surface area contributed by atoms with Gasteiger partial charge in [-0.05, 0) is 25.3 Å². The van der Waals surface area contributed by atoms with Crippen LogP contribution in [0.5, 0.6) is 0 Å². The first-order chi connectivity index (χ1) is 7.31. The zero-order valence-electron chi connectivity index (χ0n) is 9.11. The van der Waals surface area contributed by atoms with Crippen molar-refractivity contribution in [2.45, 2.75) is 25.6 Å². The molecule has 4 heteroatoms. The molecule has 1 unspecified atom stereocenters. The lowest BCUT2D eigenvalue weighted by atomic mass is 10.2. The Kier molecular flexibility index (Phi) is 3.72. The van der Waals surface area contributed by atoms with Crippen molar-refractivity contribution in [2.24, 2.45) is 5.73 Å². The molecule has 0 amide bonds. The molecule has 2 rings (SSSR count). The zero-order chi connectivity index (χ0) is 10.7. The van der Waals surface area contributed by atoms with E-state index in [1.807, 2.05) is 17.8 Å². The Labute approximate surface area is 95.0 Å². The summed E-state index contributed by atoms with van der Waals surface area (Å²) in [4.78, 5) is 2.37. The van der Waals surface area contributed by atoms with E-state index in [4.69, 9.17) is 10.2 Å². The van der Waals surface area contributed by atoms with Crippen LogP contribution in [0.15, 0.2) is 16.7 Å². The fraction of sp³-hybridized carbons (Fsp3) is 0.636. The highest BCUT2D eigenvalue weighted by Gasteiger charge is 2.21. The van der Waals surface area contributed by atoms with Gasteiger partial charge in [-0.25, -0.2) is 0 Å². The molecule has 15 heavy (non-hydrogen) atoms. The first kappa shape index (κ1) is 11.0. The molecule has 1 aliphatic heterocycles. The predicted molar refractivity (Wildman–Crippen MR) is 63.8 cm³/mol. The van der Waals surface area contributed by atoms with E-state index >= 15 is 0 Å². The Bertz CT molecular complexity index is 307. The van der Waals surface area contributed by atoms with Gasteiger partial charge < -0.3 is 10.2 Å². The van der Waals surface area contributed by atoms with Crippen molar-refractivity contribution >= 4 is 11.8 Å². The van der Waals surface area contributed by atoms with E-state index in [2.05, 4.69) is 11.9 Å². The van der Waals surface area contributed by atoms with Crippen LogP contribution < -0.4 is 5.73 Å². The van der Waals surface area contributed by atoms with E-state index in [1.54, 1.807) is 6.26 Å². The van der Waals surface area contributed by atoms with Crippen LogP contribution in [0.2, 0.25) is 0 Å². The van der Waals surface area contributed by atoms with Crippen LogP contribution in [-0.4, -0.2) is 29.5 Å². The van der Waals surface area contributed by atoms with E-state index in [0.717, 1.165) is 17.9 Å². The fourth-order valence-electron chi connectivity index (χ4n) is 1.91.